The SMILES string of the molecule is O=S(O)(=S)OOS(=O)(O)=S. The van der Waals surface area contributed by atoms with Crippen LogP contribution < -0.4 is 0 Å². The van der Waals surface area contributed by atoms with Crippen LogP contribution in [0.25, 0.3) is 0 Å². The van der Waals surface area contributed by atoms with Crippen molar-refractivity contribution in [1.29, 1.82) is 0 Å². The second kappa shape index (κ2) is 3.32. The van der Waals surface area contributed by atoms with Gasteiger partial charge in [-0.2, -0.15) is 8.42 Å². The van der Waals surface area contributed by atoms with E-state index in [4.69, 9.17) is 9.11 Å². The van der Waals surface area contributed by atoms with Gasteiger partial charge in [0, 0.05) is 22.4 Å². The van der Waals surface area contributed by atoms with Gasteiger partial charge >= 0.3 is 0 Å². The van der Waals surface area contributed by atoms with Crippen molar-refractivity contribution in [3.63, 3.8) is 0 Å². The van der Waals surface area contributed by atoms with Crippen molar-refractivity contribution in [2.45, 2.75) is 0 Å². The Morgan fingerprint density at radius 1 is 1.00 bits per heavy atom. The molecule has 0 aliphatic heterocycles. The summed E-state index contributed by atoms with van der Waals surface area (Å²) in [5.74, 6) is 0. The average Bonchev–Trinajstić information content (AvgIpc) is 1.57. The van der Waals surface area contributed by atoms with Gasteiger partial charge in [0.1, 0.15) is 0 Å². The molecular weight excluding hydrogens is 224 g/mol. The van der Waals surface area contributed by atoms with Crippen molar-refractivity contribution in [3.05, 3.63) is 0 Å². The summed E-state index contributed by atoms with van der Waals surface area (Å²) in [7, 11) is -8.10. The number of hydrogen-bond acceptors (Lipinski definition) is 6. The van der Waals surface area contributed by atoms with E-state index in [1.165, 1.54) is 0 Å². The van der Waals surface area contributed by atoms with Crippen LogP contribution in [-0.4, -0.2) is 17.5 Å². The highest BCUT2D eigenvalue weighted by molar-refractivity contribution is 8.28. The van der Waals surface area contributed by atoms with E-state index >= 15 is 0 Å². The molecule has 0 saturated heterocycles. The fourth-order valence-corrected chi connectivity index (χ4v) is 1.04. The zero-order valence-corrected chi connectivity index (χ0v) is 7.43. The van der Waals surface area contributed by atoms with E-state index in [9.17, 15) is 8.42 Å². The van der Waals surface area contributed by atoms with Gasteiger partial charge in [0.25, 0.3) is 18.1 Å². The highest BCUT2D eigenvalue weighted by atomic mass is 32.9. The van der Waals surface area contributed by atoms with Gasteiger partial charge in [0.2, 0.25) is 0 Å². The third kappa shape index (κ3) is 8.58. The zero-order chi connectivity index (χ0) is 8.41. The second-order valence-corrected chi connectivity index (χ2v) is 5.50. The molecule has 0 spiro atoms. The molecule has 0 bridgehead atoms. The van der Waals surface area contributed by atoms with Crippen LogP contribution in [0.3, 0.4) is 0 Å². The summed E-state index contributed by atoms with van der Waals surface area (Å²) in [6.45, 7) is 0. The van der Waals surface area contributed by atoms with E-state index in [1.54, 1.807) is 0 Å². The molecule has 2 N–H and O–H groups in total. The quantitative estimate of drug-likeness (QED) is 0.477. The first-order chi connectivity index (χ1) is 4.21. The highest BCUT2D eigenvalue weighted by Crippen LogP contribution is 1.93. The molecule has 0 fully saturated rings. The van der Waals surface area contributed by atoms with Gasteiger partial charge in [0.15, 0.2) is 0 Å². The summed E-state index contributed by atoms with van der Waals surface area (Å²) in [5.41, 5.74) is 0. The molecule has 6 nitrogen and oxygen atoms in total. The minimum atomic E-state index is -4.05. The van der Waals surface area contributed by atoms with E-state index in [2.05, 4.69) is 31.0 Å². The minimum Gasteiger partial charge on any atom is -0.283 e. The molecule has 0 aliphatic rings. The summed E-state index contributed by atoms with van der Waals surface area (Å²) >= 11 is 7.41. The van der Waals surface area contributed by atoms with Crippen molar-refractivity contribution in [2.24, 2.45) is 0 Å². The van der Waals surface area contributed by atoms with Gasteiger partial charge in [0.05, 0.1) is 0 Å². The van der Waals surface area contributed by atoms with E-state index in [1.807, 2.05) is 0 Å². The molecule has 0 radical (unpaired) electrons. The molecule has 2 atom stereocenters. The maximum absolute atomic E-state index is 9.97. The van der Waals surface area contributed by atoms with Crippen LogP contribution in [0.2, 0.25) is 0 Å². The van der Waals surface area contributed by atoms with Crippen molar-refractivity contribution >= 4 is 40.5 Å². The van der Waals surface area contributed by atoms with Crippen molar-refractivity contribution in [3.8, 4) is 0 Å². The molecule has 0 rings (SSSR count). The average molecular weight is 226 g/mol. The molecule has 10 heavy (non-hydrogen) atoms. The van der Waals surface area contributed by atoms with Crippen LogP contribution in [0.5, 0.6) is 0 Å². The maximum atomic E-state index is 9.97. The molecule has 0 aromatic rings. The van der Waals surface area contributed by atoms with Crippen LogP contribution in [0, 0.1) is 0 Å². The predicted molar refractivity (Wildman–Crippen MR) is 38.4 cm³/mol. The van der Waals surface area contributed by atoms with Gasteiger partial charge in [-0.25, -0.2) is 0 Å². The Kier molecular flexibility index (Phi) is 3.51. The highest BCUT2D eigenvalue weighted by Gasteiger charge is 2.07. The van der Waals surface area contributed by atoms with Crippen molar-refractivity contribution < 1.29 is 26.2 Å². The van der Waals surface area contributed by atoms with Gasteiger partial charge in [-0.1, -0.05) is 8.67 Å². The lowest BCUT2D eigenvalue weighted by atomic mass is 14.9. The molecule has 10 heteroatoms. The monoisotopic (exact) mass is 226 g/mol. The van der Waals surface area contributed by atoms with Crippen LogP contribution in [0.4, 0.5) is 0 Å². The molecule has 0 saturated carbocycles. The predicted octanol–water partition coefficient (Wildman–Crippen LogP) is -0.797. The molecule has 0 heterocycles. The van der Waals surface area contributed by atoms with Gasteiger partial charge in [-0.15, -0.1) is 0 Å². The third-order valence-electron chi connectivity index (χ3n) is 0.200. The maximum Gasteiger partial charge on any atom is 0.294 e. The first-order valence-corrected chi connectivity index (χ1v) is 6.26. The summed E-state index contributed by atoms with van der Waals surface area (Å²) in [6, 6.07) is 0. The lowest BCUT2D eigenvalue weighted by Crippen LogP contribution is -2.08. The van der Waals surface area contributed by atoms with Crippen LogP contribution in [0.1, 0.15) is 0 Å². The Morgan fingerprint density at radius 3 is 1.30 bits per heavy atom. The van der Waals surface area contributed by atoms with E-state index < -0.39 is 18.1 Å². The topological polar surface area (TPSA) is 93.1 Å². The molecule has 62 valence electrons. The van der Waals surface area contributed by atoms with Gasteiger partial charge < -0.3 is 0 Å². The molecule has 0 aliphatic carbocycles. The number of rotatable bonds is 3. The second-order valence-electron chi connectivity index (χ2n) is 0.992. The Labute approximate surface area is 66.9 Å². The van der Waals surface area contributed by atoms with Crippen LogP contribution >= 0.6 is 0 Å². The standard InChI is InChI=1S/H2O6S4/c1-9(2,7)5-6-10(3,4)8/h(H,1,2,7)(H,3,4,8). The third-order valence-corrected chi connectivity index (χ3v) is 1.10. The normalized spacial score (nSPS) is 23.0. The molecule has 2 unspecified atom stereocenters. The first-order valence-electron chi connectivity index (χ1n) is 1.53. The molecular formula is H2O6S4. The largest absolute Gasteiger partial charge is 0.294 e. The van der Waals surface area contributed by atoms with Crippen LogP contribution in [0.15, 0.2) is 0 Å². The zero-order valence-electron chi connectivity index (χ0n) is 4.16. The van der Waals surface area contributed by atoms with Gasteiger partial charge in [-0.3, -0.25) is 9.11 Å². The first kappa shape index (κ1) is 10.6. The Morgan fingerprint density at radius 2 is 1.20 bits per heavy atom. The lowest BCUT2D eigenvalue weighted by Gasteiger charge is -1.97. The van der Waals surface area contributed by atoms with E-state index in [0.717, 1.165) is 0 Å². The Balaban J connectivity index is 4.05. The fourth-order valence-electron chi connectivity index (χ4n) is 0.0702. The summed E-state index contributed by atoms with van der Waals surface area (Å²) in [4.78, 5) is 0. The molecule has 0 amide bonds. The minimum absolute atomic E-state index is 3.36. The summed E-state index contributed by atoms with van der Waals surface area (Å²) in [5, 5.41) is 0. The van der Waals surface area contributed by atoms with E-state index in [-0.39, 0.29) is 0 Å². The summed E-state index contributed by atoms with van der Waals surface area (Å²) < 4.78 is 42.9. The molecule has 0 aromatic carbocycles. The summed E-state index contributed by atoms with van der Waals surface area (Å²) in [6.07, 6.45) is 0. The fraction of sp³-hybridized carbons (Fsp3) is 0. The number of hydrogen-bond donors (Lipinski definition) is 2. The van der Waals surface area contributed by atoms with Gasteiger partial charge in [-0.05, 0) is 0 Å². The Bertz CT molecular complexity index is 246. The van der Waals surface area contributed by atoms with Crippen molar-refractivity contribution in [1.82, 2.24) is 0 Å². The van der Waals surface area contributed by atoms with Crippen molar-refractivity contribution in [2.75, 3.05) is 0 Å². The van der Waals surface area contributed by atoms with E-state index in [0.29, 0.717) is 0 Å². The lowest BCUT2D eigenvalue weighted by molar-refractivity contribution is -0.0896. The Hall–Kier alpha value is 0.580. The van der Waals surface area contributed by atoms with Crippen LogP contribution in [-0.2, 0) is 49.2 Å². The molecule has 0 aromatic heterocycles. The smallest absolute Gasteiger partial charge is 0.283 e.